The normalized spacial score (nSPS) is 17.0. The Hall–Kier alpha value is -2.55. The van der Waals surface area contributed by atoms with Gasteiger partial charge in [0.1, 0.15) is 12.3 Å². The summed E-state index contributed by atoms with van der Waals surface area (Å²) in [5.41, 5.74) is 0.429. The van der Waals surface area contributed by atoms with Crippen LogP contribution in [0.1, 0.15) is 0 Å². The summed E-state index contributed by atoms with van der Waals surface area (Å²) in [7, 11) is -2.52. The standard InChI is InChI=1S/C12H11N3O5S/c1-20-12-3-2-7-4-10(16)9(5-8(7)13-12)15-6-11(17)14-21(15,18)19/h2-5,16H,6H2,1H3,(H,14,17). The highest BCUT2D eigenvalue weighted by atomic mass is 32.2. The second kappa shape index (κ2) is 4.48. The molecule has 1 aromatic heterocycles. The first kappa shape index (κ1) is 13.4. The first-order valence-electron chi connectivity index (χ1n) is 5.92. The molecule has 2 aromatic rings. The van der Waals surface area contributed by atoms with E-state index >= 15 is 0 Å². The van der Waals surface area contributed by atoms with Crippen molar-refractivity contribution in [2.75, 3.05) is 18.0 Å². The van der Waals surface area contributed by atoms with E-state index in [9.17, 15) is 18.3 Å². The maximum Gasteiger partial charge on any atom is 0.326 e. The van der Waals surface area contributed by atoms with Crippen LogP contribution in [0.15, 0.2) is 24.3 Å². The number of benzene rings is 1. The highest BCUT2D eigenvalue weighted by Crippen LogP contribution is 2.34. The lowest BCUT2D eigenvalue weighted by Gasteiger charge is -2.16. The Kier molecular flexibility index (Phi) is 2.87. The number of phenolic OH excluding ortho intramolecular Hbond substituents is 1. The maximum absolute atomic E-state index is 11.8. The van der Waals surface area contributed by atoms with Crippen LogP contribution in [-0.4, -0.2) is 38.1 Å². The number of methoxy groups -OCH3 is 1. The molecule has 1 aliphatic rings. The smallest absolute Gasteiger partial charge is 0.326 e. The Bertz CT molecular complexity index is 849. The van der Waals surface area contributed by atoms with Crippen LogP contribution < -0.4 is 13.8 Å². The number of hydrogen-bond acceptors (Lipinski definition) is 6. The third-order valence-electron chi connectivity index (χ3n) is 3.06. The number of nitrogens with zero attached hydrogens (tertiary/aromatic N) is 2. The summed E-state index contributed by atoms with van der Waals surface area (Å²) in [6.45, 7) is -0.384. The first-order chi connectivity index (χ1) is 9.90. The van der Waals surface area contributed by atoms with Crippen LogP contribution in [0.5, 0.6) is 11.6 Å². The monoisotopic (exact) mass is 309 g/mol. The number of amides is 1. The average Bonchev–Trinajstić information content (AvgIpc) is 2.70. The van der Waals surface area contributed by atoms with E-state index in [1.54, 1.807) is 12.1 Å². The topological polar surface area (TPSA) is 109 Å². The van der Waals surface area contributed by atoms with Gasteiger partial charge in [-0.05, 0) is 18.2 Å². The second-order valence-electron chi connectivity index (χ2n) is 4.42. The van der Waals surface area contributed by atoms with Crippen molar-refractivity contribution in [2.24, 2.45) is 0 Å². The molecular weight excluding hydrogens is 298 g/mol. The molecule has 2 heterocycles. The number of aromatic nitrogens is 1. The summed E-state index contributed by atoms with van der Waals surface area (Å²) < 4.78 is 31.3. The van der Waals surface area contributed by atoms with Gasteiger partial charge in [-0.2, -0.15) is 8.42 Å². The molecular formula is C12H11N3O5S. The molecule has 0 spiro atoms. The van der Waals surface area contributed by atoms with Gasteiger partial charge in [-0.3, -0.25) is 4.79 Å². The molecule has 9 heteroatoms. The summed E-state index contributed by atoms with van der Waals surface area (Å²) in [4.78, 5) is 15.4. The molecule has 1 saturated heterocycles. The van der Waals surface area contributed by atoms with Gasteiger partial charge in [0.25, 0.3) is 5.91 Å². The van der Waals surface area contributed by atoms with E-state index in [2.05, 4.69) is 4.98 Å². The summed E-state index contributed by atoms with van der Waals surface area (Å²) in [5, 5.41) is 10.6. The van der Waals surface area contributed by atoms with Gasteiger partial charge >= 0.3 is 10.2 Å². The average molecular weight is 309 g/mol. The van der Waals surface area contributed by atoms with Crippen molar-refractivity contribution < 1.29 is 23.1 Å². The van der Waals surface area contributed by atoms with Crippen LogP contribution in [0.4, 0.5) is 5.69 Å². The molecule has 0 bridgehead atoms. The first-order valence-corrected chi connectivity index (χ1v) is 7.36. The fraction of sp³-hybridized carbons (Fsp3) is 0.167. The predicted molar refractivity (Wildman–Crippen MR) is 74.4 cm³/mol. The highest BCUT2D eigenvalue weighted by Gasteiger charge is 2.35. The van der Waals surface area contributed by atoms with Gasteiger partial charge in [0.2, 0.25) is 5.88 Å². The zero-order chi connectivity index (χ0) is 15.2. The van der Waals surface area contributed by atoms with Crippen LogP contribution in [-0.2, 0) is 15.0 Å². The van der Waals surface area contributed by atoms with E-state index in [-0.39, 0.29) is 18.0 Å². The number of hydrogen-bond donors (Lipinski definition) is 2. The molecule has 3 rings (SSSR count). The minimum atomic E-state index is -3.98. The SMILES string of the molecule is COc1ccc2cc(O)c(N3CC(=O)NS3(=O)=O)cc2n1. The Morgan fingerprint density at radius 1 is 1.38 bits per heavy atom. The largest absolute Gasteiger partial charge is 0.506 e. The molecule has 0 aliphatic carbocycles. The third-order valence-corrected chi connectivity index (χ3v) is 4.45. The zero-order valence-corrected chi connectivity index (χ0v) is 11.7. The number of carbonyl (C=O) groups is 1. The van der Waals surface area contributed by atoms with Gasteiger partial charge in [0.15, 0.2) is 0 Å². The van der Waals surface area contributed by atoms with Crippen molar-refractivity contribution in [3.8, 4) is 11.6 Å². The van der Waals surface area contributed by atoms with Gasteiger partial charge in [0, 0.05) is 11.5 Å². The molecule has 1 aromatic carbocycles. The molecule has 0 radical (unpaired) electrons. The molecule has 21 heavy (non-hydrogen) atoms. The number of nitrogens with one attached hydrogen (secondary N) is 1. The zero-order valence-electron chi connectivity index (χ0n) is 10.9. The fourth-order valence-corrected chi connectivity index (χ4v) is 3.26. The molecule has 0 unspecified atom stereocenters. The highest BCUT2D eigenvalue weighted by molar-refractivity contribution is 7.92. The minimum Gasteiger partial charge on any atom is -0.506 e. The third kappa shape index (κ3) is 2.21. The molecule has 2 N–H and O–H groups in total. The summed E-state index contributed by atoms with van der Waals surface area (Å²) in [6.07, 6.45) is 0. The predicted octanol–water partition coefficient (Wildman–Crippen LogP) is 0.130. The lowest BCUT2D eigenvalue weighted by molar-refractivity contribution is -0.117. The van der Waals surface area contributed by atoms with E-state index in [1.165, 1.54) is 19.2 Å². The Balaban J connectivity index is 2.18. The minimum absolute atomic E-state index is 0.0124. The van der Waals surface area contributed by atoms with E-state index in [0.717, 1.165) is 4.31 Å². The van der Waals surface area contributed by atoms with Gasteiger partial charge in [0.05, 0.1) is 18.3 Å². The van der Waals surface area contributed by atoms with Gasteiger partial charge < -0.3 is 9.84 Å². The van der Waals surface area contributed by atoms with Crippen LogP contribution in [0.3, 0.4) is 0 Å². The van der Waals surface area contributed by atoms with Crippen LogP contribution in [0.25, 0.3) is 10.9 Å². The molecule has 0 atom stereocenters. The second-order valence-corrected chi connectivity index (χ2v) is 6.02. The quantitative estimate of drug-likeness (QED) is 0.816. The maximum atomic E-state index is 11.8. The Morgan fingerprint density at radius 3 is 2.76 bits per heavy atom. The number of anilines is 1. The lowest BCUT2D eigenvalue weighted by Crippen LogP contribution is -2.29. The van der Waals surface area contributed by atoms with Crippen molar-refractivity contribution in [3.05, 3.63) is 24.3 Å². The van der Waals surface area contributed by atoms with Crippen molar-refractivity contribution in [3.63, 3.8) is 0 Å². The van der Waals surface area contributed by atoms with Crippen molar-refractivity contribution >= 4 is 32.7 Å². The number of ether oxygens (including phenoxy) is 1. The number of carbonyl (C=O) groups excluding carboxylic acids is 1. The van der Waals surface area contributed by atoms with Crippen LogP contribution in [0, 0.1) is 0 Å². The summed E-state index contributed by atoms with van der Waals surface area (Å²) in [6, 6.07) is 6.09. The number of phenols is 1. The Morgan fingerprint density at radius 2 is 2.14 bits per heavy atom. The molecule has 8 nitrogen and oxygen atoms in total. The van der Waals surface area contributed by atoms with E-state index in [1.807, 2.05) is 4.72 Å². The molecule has 1 amide bonds. The van der Waals surface area contributed by atoms with Gasteiger partial charge in [-0.1, -0.05) is 0 Å². The molecule has 0 saturated carbocycles. The molecule has 110 valence electrons. The van der Waals surface area contributed by atoms with E-state index in [4.69, 9.17) is 4.74 Å². The number of rotatable bonds is 2. The molecule has 1 fully saturated rings. The van der Waals surface area contributed by atoms with Gasteiger partial charge in [-0.15, -0.1) is 0 Å². The van der Waals surface area contributed by atoms with Crippen molar-refractivity contribution in [1.82, 2.24) is 9.71 Å². The van der Waals surface area contributed by atoms with Crippen LogP contribution in [0.2, 0.25) is 0 Å². The Labute approximate surface area is 120 Å². The molecule has 1 aliphatic heterocycles. The summed E-state index contributed by atoms with van der Waals surface area (Å²) in [5.74, 6) is -0.555. The number of fused-ring (bicyclic) bond motifs is 1. The van der Waals surface area contributed by atoms with Crippen LogP contribution >= 0.6 is 0 Å². The van der Waals surface area contributed by atoms with E-state index < -0.39 is 16.1 Å². The van der Waals surface area contributed by atoms with E-state index in [0.29, 0.717) is 16.8 Å². The van der Waals surface area contributed by atoms with Crippen molar-refractivity contribution in [2.45, 2.75) is 0 Å². The number of aromatic hydroxyl groups is 1. The number of pyridine rings is 1. The fourth-order valence-electron chi connectivity index (χ4n) is 2.10. The summed E-state index contributed by atoms with van der Waals surface area (Å²) >= 11 is 0. The lowest BCUT2D eigenvalue weighted by atomic mass is 10.2. The van der Waals surface area contributed by atoms with Gasteiger partial charge in [-0.25, -0.2) is 14.0 Å². The van der Waals surface area contributed by atoms with Crippen molar-refractivity contribution in [1.29, 1.82) is 0 Å².